The first-order chi connectivity index (χ1) is 13.1. The molecule has 2 aliphatic heterocycles. The quantitative estimate of drug-likeness (QED) is 0.826. The van der Waals surface area contributed by atoms with Crippen molar-refractivity contribution in [3.8, 4) is 0 Å². The highest BCUT2D eigenvalue weighted by Crippen LogP contribution is 2.26. The Morgan fingerprint density at radius 3 is 2.29 bits per heavy atom. The van der Waals surface area contributed by atoms with Gasteiger partial charge in [-0.1, -0.05) is 24.3 Å². The molecular weight excluding hydrogens is 372 g/mol. The number of nitrogens with one attached hydrogen (secondary N) is 1. The number of benzene rings is 2. The Balaban J connectivity index is 0.00000225. The van der Waals surface area contributed by atoms with Crippen LogP contribution in [-0.4, -0.2) is 36.2 Å². The van der Waals surface area contributed by atoms with E-state index in [-0.39, 0.29) is 18.7 Å². The van der Waals surface area contributed by atoms with Crippen LogP contribution >= 0.6 is 12.4 Å². The predicted octanol–water partition coefficient (Wildman–Crippen LogP) is 3.71. The van der Waals surface area contributed by atoms with Crippen LogP contribution in [0.15, 0.2) is 58.5 Å². The molecule has 3 N–H and O–H groups in total. The number of aryl methyl sites for hydroxylation is 2. The van der Waals surface area contributed by atoms with Gasteiger partial charge in [0.15, 0.2) is 0 Å². The molecule has 2 aromatic rings. The van der Waals surface area contributed by atoms with Gasteiger partial charge in [0.05, 0.1) is 0 Å². The second-order valence-electron chi connectivity index (χ2n) is 7.19. The molecule has 4 rings (SSSR count). The van der Waals surface area contributed by atoms with E-state index in [1.54, 1.807) is 0 Å². The zero-order valence-electron chi connectivity index (χ0n) is 16.3. The van der Waals surface area contributed by atoms with Gasteiger partial charge in [-0.2, -0.15) is 4.99 Å². The molecule has 2 aromatic carbocycles. The molecule has 0 spiro atoms. The third-order valence-electron chi connectivity index (χ3n) is 4.87. The Kier molecular flexibility index (Phi) is 6.09. The van der Waals surface area contributed by atoms with Gasteiger partial charge in [0.1, 0.15) is 0 Å². The lowest BCUT2D eigenvalue weighted by Crippen LogP contribution is -2.54. The van der Waals surface area contributed by atoms with Crippen molar-refractivity contribution in [1.29, 1.82) is 0 Å². The van der Waals surface area contributed by atoms with Crippen molar-refractivity contribution >= 4 is 35.7 Å². The zero-order valence-corrected chi connectivity index (χ0v) is 17.1. The van der Waals surface area contributed by atoms with Crippen LogP contribution < -0.4 is 16.0 Å². The normalized spacial score (nSPS) is 19.0. The van der Waals surface area contributed by atoms with E-state index < -0.39 is 0 Å². The molecule has 148 valence electrons. The number of rotatable bonds is 3. The number of nitrogens with zero attached hydrogens (tertiary/aromatic N) is 4. The number of likely N-dealkylation sites (tertiary alicyclic amines) is 1. The van der Waals surface area contributed by atoms with Crippen molar-refractivity contribution in [2.45, 2.75) is 33.0 Å². The van der Waals surface area contributed by atoms with Crippen molar-refractivity contribution < 1.29 is 0 Å². The van der Waals surface area contributed by atoms with Crippen LogP contribution in [0.25, 0.3) is 0 Å². The summed E-state index contributed by atoms with van der Waals surface area (Å²) in [6, 6.07) is 16.7. The van der Waals surface area contributed by atoms with Crippen molar-refractivity contribution in [1.82, 2.24) is 4.90 Å². The largest absolute Gasteiger partial charge is 0.368 e. The van der Waals surface area contributed by atoms with Gasteiger partial charge in [-0.15, -0.1) is 12.4 Å². The number of nitrogens with two attached hydrogens (primary N) is 1. The lowest BCUT2D eigenvalue weighted by molar-refractivity contribution is 0.497. The van der Waals surface area contributed by atoms with Gasteiger partial charge in [-0.3, -0.25) is 4.90 Å². The van der Waals surface area contributed by atoms with Crippen LogP contribution in [0.4, 0.5) is 11.4 Å². The molecule has 1 atom stereocenters. The molecule has 28 heavy (non-hydrogen) atoms. The first-order valence-electron chi connectivity index (χ1n) is 9.46. The van der Waals surface area contributed by atoms with Gasteiger partial charge in [-0.25, -0.2) is 4.99 Å². The van der Waals surface area contributed by atoms with Crippen LogP contribution in [0.2, 0.25) is 0 Å². The number of anilines is 2. The fourth-order valence-corrected chi connectivity index (χ4v) is 3.77. The van der Waals surface area contributed by atoms with Crippen LogP contribution in [0, 0.1) is 13.8 Å². The Morgan fingerprint density at radius 2 is 1.64 bits per heavy atom. The van der Waals surface area contributed by atoms with Gasteiger partial charge in [0.25, 0.3) is 0 Å². The first-order valence-corrected chi connectivity index (χ1v) is 9.46. The van der Waals surface area contributed by atoms with Gasteiger partial charge < -0.3 is 16.0 Å². The number of halogens is 1. The molecule has 6 nitrogen and oxygen atoms in total. The van der Waals surface area contributed by atoms with E-state index in [4.69, 9.17) is 5.73 Å². The average Bonchev–Trinajstić information content (AvgIpc) is 3.15. The molecule has 0 amide bonds. The monoisotopic (exact) mass is 398 g/mol. The summed E-state index contributed by atoms with van der Waals surface area (Å²) in [5.41, 5.74) is 10.6. The fourth-order valence-electron chi connectivity index (χ4n) is 3.77. The molecule has 1 saturated heterocycles. The third-order valence-corrected chi connectivity index (χ3v) is 4.87. The van der Waals surface area contributed by atoms with Crippen LogP contribution in [0.3, 0.4) is 0 Å². The summed E-state index contributed by atoms with van der Waals surface area (Å²) in [6.45, 7) is 6.18. The highest BCUT2D eigenvalue weighted by atomic mass is 35.5. The van der Waals surface area contributed by atoms with E-state index in [1.165, 1.54) is 24.0 Å². The molecule has 0 aliphatic carbocycles. The van der Waals surface area contributed by atoms with Crippen LogP contribution in [-0.2, 0) is 0 Å². The minimum atomic E-state index is -0.346. The smallest absolute Gasteiger partial charge is 0.222 e. The van der Waals surface area contributed by atoms with Gasteiger partial charge in [-0.05, 0) is 62.1 Å². The van der Waals surface area contributed by atoms with E-state index in [1.807, 2.05) is 18.2 Å². The van der Waals surface area contributed by atoms with Gasteiger partial charge >= 0.3 is 0 Å². The first kappa shape index (κ1) is 20.0. The van der Waals surface area contributed by atoms with Crippen LogP contribution in [0.1, 0.15) is 24.0 Å². The highest BCUT2D eigenvalue weighted by molar-refractivity contribution is 6.06. The number of hydrogen-bond donors (Lipinski definition) is 2. The third kappa shape index (κ3) is 4.22. The lowest BCUT2D eigenvalue weighted by atomic mass is 10.1. The van der Waals surface area contributed by atoms with Crippen molar-refractivity contribution in [2.24, 2.45) is 15.7 Å². The summed E-state index contributed by atoms with van der Waals surface area (Å²) in [4.78, 5) is 13.7. The summed E-state index contributed by atoms with van der Waals surface area (Å²) in [7, 11) is 0. The van der Waals surface area contributed by atoms with E-state index in [9.17, 15) is 0 Å². The standard InChI is InChI=1S/C21H26N6.ClH/c1-15-12-16(2)14-17(13-15)23-20-24-19(22)25-21(26-10-6-7-11-26)27(20)18-8-4-3-5-9-18;/h3-5,8-9,12-14,20,23H,6-7,10-11H2,1-2H3,(H2,22,24);1H. The minimum Gasteiger partial charge on any atom is -0.368 e. The van der Waals surface area contributed by atoms with Gasteiger partial charge in [0.2, 0.25) is 18.2 Å². The van der Waals surface area contributed by atoms with Crippen molar-refractivity contribution in [3.63, 3.8) is 0 Å². The van der Waals surface area contributed by atoms with E-state index in [0.29, 0.717) is 5.96 Å². The summed E-state index contributed by atoms with van der Waals surface area (Å²) in [6.07, 6.45) is 2.00. The number of para-hydroxylation sites is 1. The van der Waals surface area contributed by atoms with E-state index in [2.05, 4.69) is 69.3 Å². The minimum absolute atomic E-state index is 0. The molecule has 0 aromatic heterocycles. The molecule has 0 bridgehead atoms. The maximum absolute atomic E-state index is 6.11. The van der Waals surface area contributed by atoms with Crippen molar-refractivity contribution in [2.75, 3.05) is 23.3 Å². The molecule has 0 saturated carbocycles. The van der Waals surface area contributed by atoms with Gasteiger partial charge in [0, 0.05) is 24.5 Å². The van der Waals surface area contributed by atoms with Crippen LogP contribution in [0.5, 0.6) is 0 Å². The summed E-state index contributed by atoms with van der Waals surface area (Å²) < 4.78 is 0. The topological polar surface area (TPSA) is 69.2 Å². The average molecular weight is 399 g/mol. The molecular formula is C21H27ClN6. The van der Waals surface area contributed by atoms with Crippen molar-refractivity contribution in [3.05, 3.63) is 59.7 Å². The molecule has 1 fully saturated rings. The molecule has 7 heteroatoms. The fraction of sp³-hybridized carbons (Fsp3) is 0.333. The second kappa shape index (κ2) is 8.52. The summed E-state index contributed by atoms with van der Waals surface area (Å²) >= 11 is 0. The predicted molar refractivity (Wildman–Crippen MR) is 119 cm³/mol. The maximum atomic E-state index is 6.11. The number of aliphatic imine (C=N–C) groups is 2. The Morgan fingerprint density at radius 1 is 1.00 bits per heavy atom. The van der Waals surface area contributed by atoms with E-state index in [0.717, 1.165) is 30.4 Å². The highest BCUT2D eigenvalue weighted by Gasteiger charge is 2.32. The number of hydrogen-bond acceptors (Lipinski definition) is 6. The lowest BCUT2D eigenvalue weighted by Gasteiger charge is -2.38. The Hall–Kier alpha value is -2.73. The second-order valence-corrected chi connectivity index (χ2v) is 7.19. The molecule has 2 aliphatic rings. The number of guanidine groups is 2. The molecule has 2 heterocycles. The Labute approximate surface area is 172 Å². The summed E-state index contributed by atoms with van der Waals surface area (Å²) in [5, 5.41) is 3.55. The molecule has 0 radical (unpaired) electrons. The molecule has 1 unspecified atom stereocenters. The zero-order chi connectivity index (χ0) is 18.8. The Bertz CT molecular complexity index is 853. The SMILES string of the molecule is Cc1cc(C)cc(NC2N=C(N)N=C(N3CCCC3)N2c2ccccc2)c1.Cl. The van der Waals surface area contributed by atoms with E-state index >= 15 is 0 Å². The summed E-state index contributed by atoms with van der Waals surface area (Å²) in [5.74, 6) is 1.18. The maximum Gasteiger partial charge on any atom is 0.222 e.